The van der Waals surface area contributed by atoms with Crippen molar-refractivity contribution < 1.29 is 59.2 Å². The number of phenols is 1. The molecule has 1 amide bonds. The SMILES string of the molecule is CO[C@]12C(=O)C3=C(O)c4c(ccc([C@H]5C[C@@H](O)[C@H](O)[C@@H](C)O5)c4O)[C@](C)(OC)[C@H]3C[C@H]1[C@@H](O)C(=O)C(C(N)=O)=C2O. The van der Waals surface area contributed by atoms with E-state index >= 15 is 0 Å². The molecule has 0 radical (unpaired) electrons. The zero-order valence-corrected chi connectivity index (χ0v) is 22.8. The number of fused-ring (bicyclic) bond motifs is 3. The number of aliphatic hydroxyl groups is 5. The molecule has 41 heavy (non-hydrogen) atoms. The minimum Gasteiger partial charge on any atom is -0.508 e. The van der Waals surface area contributed by atoms with Crippen molar-refractivity contribution in [2.45, 2.75) is 68.4 Å². The van der Waals surface area contributed by atoms with E-state index < -0.39 is 93.9 Å². The van der Waals surface area contributed by atoms with Crippen molar-refractivity contribution in [3.05, 3.63) is 45.7 Å². The molecule has 4 aliphatic rings. The van der Waals surface area contributed by atoms with Gasteiger partial charge in [-0.3, -0.25) is 14.4 Å². The topological polar surface area (TPSA) is 226 Å². The number of Topliss-reactive ketones (excluding diaryl/α,β-unsaturated/α-hetero) is 2. The van der Waals surface area contributed by atoms with E-state index in [0.717, 1.165) is 7.11 Å². The van der Waals surface area contributed by atoms with E-state index in [0.29, 0.717) is 0 Å². The number of ketones is 2. The summed E-state index contributed by atoms with van der Waals surface area (Å²) >= 11 is 0. The molecule has 13 nitrogen and oxygen atoms in total. The van der Waals surface area contributed by atoms with Gasteiger partial charge in [0, 0.05) is 43.6 Å². The second-order valence-electron chi connectivity index (χ2n) is 11.2. The van der Waals surface area contributed by atoms with Crippen molar-refractivity contribution in [3.8, 4) is 5.75 Å². The third kappa shape index (κ3) is 3.66. The Bertz CT molecular complexity index is 1400. The number of primary amides is 1. The fraction of sp³-hybridized carbons (Fsp3) is 0.536. The second kappa shape index (κ2) is 9.61. The van der Waals surface area contributed by atoms with Crippen LogP contribution in [0.3, 0.4) is 0 Å². The minimum absolute atomic E-state index is 0.0623. The highest BCUT2D eigenvalue weighted by molar-refractivity contribution is 6.24. The molecule has 1 aliphatic heterocycles. The van der Waals surface area contributed by atoms with E-state index in [1.165, 1.54) is 13.2 Å². The third-order valence-electron chi connectivity index (χ3n) is 9.38. The van der Waals surface area contributed by atoms with Crippen LogP contribution in [0.1, 0.15) is 49.5 Å². The number of hydrogen-bond donors (Lipinski definition) is 7. The predicted molar refractivity (Wildman–Crippen MR) is 138 cm³/mol. The Kier molecular flexibility index (Phi) is 6.84. The Morgan fingerprint density at radius 2 is 1.73 bits per heavy atom. The van der Waals surface area contributed by atoms with Crippen molar-refractivity contribution in [2.24, 2.45) is 17.6 Å². The van der Waals surface area contributed by atoms with Gasteiger partial charge in [-0.05, 0) is 25.8 Å². The summed E-state index contributed by atoms with van der Waals surface area (Å²) in [5.41, 5.74) is 0.421. The first-order valence-electron chi connectivity index (χ1n) is 13.1. The molecule has 1 saturated carbocycles. The lowest BCUT2D eigenvalue weighted by Crippen LogP contribution is -2.65. The molecule has 2 fully saturated rings. The molecular formula is C28H33NO12. The van der Waals surface area contributed by atoms with Gasteiger partial charge in [-0.2, -0.15) is 0 Å². The van der Waals surface area contributed by atoms with Crippen molar-refractivity contribution in [3.63, 3.8) is 0 Å². The Morgan fingerprint density at radius 1 is 1.07 bits per heavy atom. The number of benzene rings is 1. The summed E-state index contributed by atoms with van der Waals surface area (Å²) in [6, 6.07) is 3.10. The highest BCUT2D eigenvalue weighted by atomic mass is 16.5. The number of amides is 1. The number of carbonyl (C=O) groups excluding carboxylic acids is 3. The van der Waals surface area contributed by atoms with E-state index in [1.54, 1.807) is 19.9 Å². The number of aliphatic hydroxyl groups excluding tert-OH is 5. The maximum absolute atomic E-state index is 14.3. The van der Waals surface area contributed by atoms with Gasteiger partial charge in [0.1, 0.15) is 35.0 Å². The summed E-state index contributed by atoms with van der Waals surface area (Å²) in [5, 5.41) is 65.5. The molecule has 222 valence electrons. The molecule has 1 saturated heterocycles. The number of methoxy groups -OCH3 is 2. The summed E-state index contributed by atoms with van der Waals surface area (Å²) in [5.74, 6) is -8.18. The van der Waals surface area contributed by atoms with Crippen LogP contribution in [0.4, 0.5) is 0 Å². The van der Waals surface area contributed by atoms with Gasteiger partial charge in [0.25, 0.3) is 5.91 Å². The molecule has 1 aromatic carbocycles. The Labute approximate surface area is 234 Å². The van der Waals surface area contributed by atoms with E-state index in [1.807, 2.05) is 0 Å². The van der Waals surface area contributed by atoms with Gasteiger partial charge in [-0.25, -0.2) is 0 Å². The van der Waals surface area contributed by atoms with Gasteiger partial charge in [0.15, 0.2) is 5.60 Å². The first-order valence-corrected chi connectivity index (χ1v) is 13.1. The predicted octanol–water partition coefficient (Wildman–Crippen LogP) is -0.0604. The van der Waals surface area contributed by atoms with Crippen LogP contribution in [0, 0.1) is 11.8 Å². The molecule has 0 aromatic heterocycles. The second-order valence-corrected chi connectivity index (χ2v) is 11.2. The van der Waals surface area contributed by atoms with Gasteiger partial charge < -0.3 is 50.6 Å². The zero-order valence-electron chi connectivity index (χ0n) is 22.8. The van der Waals surface area contributed by atoms with E-state index in [9.17, 15) is 45.0 Å². The standard InChI is InChI=1S/C28H33NO12/c1-9-19(31)14(30)8-15(41-9)10-5-6-11-16(20(10)32)22(34)17-12(27(11,2)39-3)7-13-21(33)23(35)18(26(29)38)25(37)28(13,40-4)24(17)36/h5-6,9,12-15,19,21,30-34,37H,7-8H2,1-4H3,(H2,29,38)/t9-,12+,13+,14-,15-,19-,21-,27+,28+/m1/s1. The number of phenolic OH excluding ortho intramolecular Hbond substituents is 1. The van der Waals surface area contributed by atoms with Crippen LogP contribution in [-0.4, -0.2) is 92.3 Å². The van der Waals surface area contributed by atoms with Crippen molar-refractivity contribution >= 4 is 23.2 Å². The van der Waals surface area contributed by atoms with Crippen LogP contribution < -0.4 is 5.73 Å². The lowest BCUT2D eigenvalue weighted by Gasteiger charge is -2.53. The van der Waals surface area contributed by atoms with Crippen LogP contribution in [0.25, 0.3) is 5.76 Å². The quantitative estimate of drug-likeness (QED) is 0.234. The van der Waals surface area contributed by atoms with E-state index in [4.69, 9.17) is 19.9 Å². The summed E-state index contributed by atoms with van der Waals surface area (Å²) in [7, 11) is 2.40. The minimum atomic E-state index is -2.45. The molecule has 9 atom stereocenters. The molecule has 0 bridgehead atoms. The highest BCUT2D eigenvalue weighted by Gasteiger charge is 2.67. The number of ether oxygens (including phenoxy) is 3. The van der Waals surface area contributed by atoms with Crippen molar-refractivity contribution in [2.75, 3.05) is 14.2 Å². The number of carbonyl (C=O) groups is 3. The van der Waals surface area contributed by atoms with Crippen molar-refractivity contribution in [1.29, 1.82) is 0 Å². The lowest BCUT2D eigenvalue weighted by atomic mass is 9.55. The Balaban J connectivity index is 1.75. The van der Waals surface area contributed by atoms with Crippen LogP contribution >= 0.6 is 0 Å². The smallest absolute Gasteiger partial charge is 0.255 e. The van der Waals surface area contributed by atoms with Crippen LogP contribution in [0.5, 0.6) is 5.75 Å². The monoisotopic (exact) mass is 575 g/mol. The number of hydrogen-bond acceptors (Lipinski definition) is 12. The van der Waals surface area contributed by atoms with E-state index in [-0.39, 0.29) is 35.1 Å². The van der Waals surface area contributed by atoms with E-state index in [2.05, 4.69) is 0 Å². The molecule has 5 rings (SSSR count). The molecule has 8 N–H and O–H groups in total. The van der Waals surface area contributed by atoms with Crippen LogP contribution in [0.15, 0.2) is 29.0 Å². The van der Waals surface area contributed by atoms with Crippen LogP contribution in [-0.2, 0) is 34.2 Å². The summed E-state index contributed by atoms with van der Waals surface area (Å²) in [4.78, 5) is 39.2. The number of aromatic hydroxyl groups is 1. The fourth-order valence-electron chi connectivity index (χ4n) is 7.05. The maximum Gasteiger partial charge on any atom is 0.255 e. The first-order chi connectivity index (χ1) is 19.2. The average Bonchev–Trinajstić information content (AvgIpc) is 2.92. The average molecular weight is 576 g/mol. The largest absolute Gasteiger partial charge is 0.508 e. The normalized spacial score (nSPS) is 38.9. The van der Waals surface area contributed by atoms with Gasteiger partial charge in [-0.15, -0.1) is 0 Å². The molecule has 3 aliphatic carbocycles. The molecular weight excluding hydrogens is 542 g/mol. The first kappa shape index (κ1) is 29.2. The lowest BCUT2D eigenvalue weighted by molar-refractivity contribution is -0.172. The van der Waals surface area contributed by atoms with Crippen LogP contribution in [0.2, 0.25) is 0 Å². The summed E-state index contributed by atoms with van der Waals surface area (Å²) < 4.78 is 17.2. The molecule has 1 aromatic rings. The van der Waals surface area contributed by atoms with Gasteiger partial charge in [0.05, 0.1) is 29.5 Å². The molecule has 1 heterocycles. The summed E-state index contributed by atoms with van der Waals surface area (Å²) in [6.07, 6.45) is -6.16. The number of rotatable bonds is 4. The molecule has 0 spiro atoms. The Morgan fingerprint density at radius 3 is 2.29 bits per heavy atom. The maximum atomic E-state index is 14.3. The Hall–Kier alpha value is -3.33. The fourth-order valence-corrected chi connectivity index (χ4v) is 7.05. The summed E-state index contributed by atoms with van der Waals surface area (Å²) in [6.45, 7) is 3.17. The van der Waals surface area contributed by atoms with Gasteiger partial charge in [0.2, 0.25) is 11.6 Å². The van der Waals surface area contributed by atoms with Gasteiger partial charge >= 0.3 is 0 Å². The molecule has 0 unspecified atom stereocenters. The number of nitrogens with two attached hydrogens (primary N) is 1. The third-order valence-corrected chi connectivity index (χ3v) is 9.38. The molecule has 13 heteroatoms. The van der Waals surface area contributed by atoms with Gasteiger partial charge in [-0.1, -0.05) is 12.1 Å². The highest BCUT2D eigenvalue weighted by Crippen LogP contribution is 2.59. The zero-order chi connectivity index (χ0) is 30.3. The van der Waals surface area contributed by atoms with Crippen molar-refractivity contribution in [1.82, 2.24) is 0 Å².